The van der Waals surface area contributed by atoms with Gasteiger partial charge in [-0.2, -0.15) is 9.78 Å². The first-order chi connectivity index (χ1) is 16.5. The molecule has 0 saturated heterocycles. The van der Waals surface area contributed by atoms with E-state index in [0.29, 0.717) is 34.2 Å². The van der Waals surface area contributed by atoms with Crippen LogP contribution in [0.4, 0.5) is 5.82 Å². The van der Waals surface area contributed by atoms with Crippen LogP contribution in [-0.2, 0) is 4.79 Å². The number of aromatic amines is 1. The number of thiazole rings is 1. The van der Waals surface area contributed by atoms with Crippen LogP contribution in [-0.4, -0.2) is 38.0 Å². The molecule has 8 nitrogen and oxygen atoms in total. The number of hydrogen-bond donors (Lipinski definition) is 2. The zero-order chi connectivity index (χ0) is 23.7. The van der Waals surface area contributed by atoms with E-state index in [2.05, 4.69) is 20.4 Å². The first kappa shape index (κ1) is 21.6. The molecule has 0 saturated carbocycles. The van der Waals surface area contributed by atoms with E-state index in [9.17, 15) is 9.59 Å². The van der Waals surface area contributed by atoms with Crippen LogP contribution in [0.25, 0.3) is 27.3 Å². The van der Waals surface area contributed by atoms with Crippen molar-refractivity contribution in [3.05, 3.63) is 77.4 Å². The van der Waals surface area contributed by atoms with Crippen LogP contribution < -0.4 is 10.1 Å². The molecule has 0 unspecified atom stereocenters. The molecule has 0 aliphatic rings. The molecular weight excluding hydrogens is 450 g/mol. The van der Waals surface area contributed by atoms with Crippen molar-refractivity contribution in [1.82, 2.24) is 19.7 Å². The topological polar surface area (TPSA) is 102 Å². The monoisotopic (exact) mass is 471 g/mol. The zero-order valence-electron chi connectivity index (χ0n) is 18.5. The molecule has 0 aliphatic carbocycles. The van der Waals surface area contributed by atoms with Gasteiger partial charge in [-0.3, -0.25) is 9.59 Å². The summed E-state index contributed by atoms with van der Waals surface area (Å²) in [6.07, 6.45) is 1.55. The largest absolute Gasteiger partial charge is 0.494 e. The van der Waals surface area contributed by atoms with E-state index in [1.54, 1.807) is 23.0 Å². The molecule has 0 bridgehead atoms. The van der Waals surface area contributed by atoms with Gasteiger partial charge in [0.05, 0.1) is 23.6 Å². The third kappa shape index (κ3) is 4.08. The summed E-state index contributed by atoms with van der Waals surface area (Å²) in [4.78, 5) is 33.4. The number of aryl methyl sites for hydroxylation is 1. The van der Waals surface area contributed by atoms with Crippen LogP contribution in [0.1, 0.15) is 23.0 Å². The summed E-state index contributed by atoms with van der Waals surface area (Å²) in [7, 11) is 0. The Morgan fingerprint density at radius 2 is 1.94 bits per heavy atom. The quantitative estimate of drug-likeness (QED) is 0.257. The lowest BCUT2D eigenvalue weighted by atomic mass is 10.1. The maximum absolute atomic E-state index is 12.9. The number of amides is 1. The van der Waals surface area contributed by atoms with E-state index < -0.39 is 11.7 Å². The SMILES string of the molecule is CCOc1ccc(-c2csc(-n3nc(C)cc3NC(=O)C(=O)c3c[nH]c4ccccc34)n2)cc1. The first-order valence-electron chi connectivity index (χ1n) is 10.7. The number of anilines is 1. The highest BCUT2D eigenvalue weighted by atomic mass is 32.1. The molecule has 9 heteroatoms. The number of H-pyrrole nitrogens is 1. The number of carbonyl (C=O) groups is 2. The van der Waals surface area contributed by atoms with Gasteiger partial charge in [0, 0.05) is 34.1 Å². The maximum Gasteiger partial charge on any atom is 0.298 e. The number of para-hydroxylation sites is 1. The fourth-order valence-corrected chi connectivity index (χ4v) is 4.47. The molecular formula is C25H21N5O3S. The number of benzene rings is 2. The van der Waals surface area contributed by atoms with E-state index in [4.69, 9.17) is 4.74 Å². The number of carbonyl (C=O) groups excluding carboxylic acids is 2. The van der Waals surface area contributed by atoms with E-state index >= 15 is 0 Å². The highest BCUT2D eigenvalue weighted by Crippen LogP contribution is 2.28. The van der Waals surface area contributed by atoms with E-state index in [0.717, 1.165) is 22.5 Å². The van der Waals surface area contributed by atoms with Gasteiger partial charge in [0.1, 0.15) is 11.6 Å². The minimum absolute atomic E-state index is 0.322. The summed E-state index contributed by atoms with van der Waals surface area (Å²) in [6.45, 7) is 4.36. The third-order valence-corrected chi connectivity index (χ3v) is 6.06. The number of ether oxygens (including phenoxy) is 1. The summed E-state index contributed by atoms with van der Waals surface area (Å²) in [5.41, 5.74) is 3.53. The van der Waals surface area contributed by atoms with Crippen LogP contribution in [0.15, 0.2) is 66.2 Å². The van der Waals surface area contributed by atoms with Gasteiger partial charge in [0.15, 0.2) is 0 Å². The fourth-order valence-electron chi connectivity index (χ4n) is 3.67. The highest BCUT2D eigenvalue weighted by Gasteiger charge is 2.22. The predicted molar refractivity (Wildman–Crippen MR) is 132 cm³/mol. The van der Waals surface area contributed by atoms with Gasteiger partial charge in [-0.05, 0) is 44.2 Å². The smallest absolute Gasteiger partial charge is 0.298 e. The lowest BCUT2D eigenvalue weighted by Crippen LogP contribution is -2.24. The van der Waals surface area contributed by atoms with Crippen molar-refractivity contribution in [1.29, 1.82) is 0 Å². The molecule has 0 fully saturated rings. The average molecular weight is 472 g/mol. The normalized spacial score (nSPS) is 11.0. The molecule has 34 heavy (non-hydrogen) atoms. The highest BCUT2D eigenvalue weighted by molar-refractivity contribution is 7.12. The Morgan fingerprint density at radius 1 is 1.15 bits per heavy atom. The van der Waals surface area contributed by atoms with Gasteiger partial charge in [-0.25, -0.2) is 4.98 Å². The number of hydrogen-bond acceptors (Lipinski definition) is 6. The van der Waals surface area contributed by atoms with Crippen molar-refractivity contribution in [2.24, 2.45) is 0 Å². The minimum atomic E-state index is -0.741. The van der Waals surface area contributed by atoms with Gasteiger partial charge in [0.25, 0.3) is 11.7 Å². The van der Waals surface area contributed by atoms with E-state index in [-0.39, 0.29) is 0 Å². The van der Waals surface area contributed by atoms with Crippen LogP contribution in [0, 0.1) is 6.92 Å². The van der Waals surface area contributed by atoms with Gasteiger partial charge in [-0.15, -0.1) is 11.3 Å². The van der Waals surface area contributed by atoms with Crippen molar-refractivity contribution in [3.63, 3.8) is 0 Å². The molecule has 0 aliphatic heterocycles. The van der Waals surface area contributed by atoms with Crippen LogP contribution in [0.5, 0.6) is 5.75 Å². The molecule has 3 aromatic heterocycles. The first-order valence-corrected chi connectivity index (χ1v) is 11.6. The Balaban J connectivity index is 1.39. The van der Waals surface area contributed by atoms with Crippen LogP contribution >= 0.6 is 11.3 Å². The van der Waals surface area contributed by atoms with Crippen molar-refractivity contribution < 1.29 is 14.3 Å². The predicted octanol–water partition coefficient (Wildman–Crippen LogP) is 5.01. The number of ketones is 1. The van der Waals surface area contributed by atoms with Crippen LogP contribution in [0.2, 0.25) is 0 Å². The third-order valence-electron chi connectivity index (χ3n) is 5.25. The number of rotatable bonds is 7. The molecule has 2 aromatic carbocycles. The van der Waals surface area contributed by atoms with Crippen molar-refractivity contribution in [2.75, 3.05) is 11.9 Å². The molecule has 3 heterocycles. The second-order valence-electron chi connectivity index (χ2n) is 7.59. The number of nitrogens with zero attached hydrogens (tertiary/aromatic N) is 3. The molecule has 5 aromatic rings. The molecule has 1 amide bonds. The Kier molecular flexibility index (Phi) is 5.69. The summed E-state index contributed by atoms with van der Waals surface area (Å²) < 4.78 is 7.03. The Morgan fingerprint density at radius 3 is 2.74 bits per heavy atom. The second kappa shape index (κ2) is 8.95. The molecule has 5 rings (SSSR count). The lowest BCUT2D eigenvalue weighted by Gasteiger charge is -2.06. The minimum Gasteiger partial charge on any atom is -0.494 e. The van der Waals surface area contributed by atoms with Crippen LogP contribution in [0.3, 0.4) is 0 Å². The Bertz CT molecular complexity index is 1500. The summed E-state index contributed by atoms with van der Waals surface area (Å²) in [5.74, 6) is -0.191. The van der Waals surface area contributed by atoms with Gasteiger partial charge < -0.3 is 15.0 Å². The molecule has 2 N–H and O–H groups in total. The van der Waals surface area contributed by atoms with E-state index in [1.165, 1.54) is 11.3 Å². The summed E-state index contributed by atoms with van der Waals surface area (Å²) in [6, 6.07) is 16.7. The Labute approximate surface area is 199 Å². The zero-order valence-corrected chi connectivity index (χ0v) is 19.3. The van der Waals surface area contributed by atoms with Crippen molar-refractivity contribution in [3.8, 4) is 22.1 Å². The molecule has 0 radical (unpaired) electrons. The number of fused-ring (bicyclic) bond motifs is 1. The molecule has 170 valence electrons. The maximum atomic E-state index is 12.9. The average Bonchev–Trinajstić information content (AvgIpc) is 3.57. The lowest BCUT2D eigenvalue weighted by molar-refractivity contribution is -0.112. The van der Waals surface area contributed by atoms with Gasteiger partial charge >= 0.3 is 0 Å². The molecule has 0 atom stereocenters. The second-order valence-corrected chi connectivity index (χ2v) is 8.42. The standard InChI is InChI=1S/C25H21N5O3S/c1-3-33-17-10-8-16(9-11-17)21-14-34-25(27-21)30-22(12-15(2)29-30)28-24(32)23(31)19-13-26-20-7-5-4-6-18(19)20/h4-14,26H,3H2,1-2H3,(H,28,32). The van der Waals surface area contributed by atoms with Gasteiger partial charge in [0.2, 0.25) is 5.13 Å². The number of aromatic nitrogens is 4. The van der Waals surface area contributed by atoms with E-state index in [1.807, 2.05) is 61.7 Å². The molecule has 0 spiro atoms. The van der Waals surface area contributed by atoms with Crippen molar-refractivity contribution in [2.45, 2.75) is 13.8 Å². The fraction of sp³-hybridized carbons (Fsp3) is 0.120. The van der Waals surface area contributed by atoms with Gasteiger partial charge in [-0.1, -0.05) is 18.2 Å². The number of nitrogens with one attached hydrogen (secondary N) is 2. The summed E-state index contributed by atoms with van der Waals surface area (Å²) in [5, 5.41) is 10.4. The summed E-state index contributed by atoms with van der Waals surface area (Å²) >= 11 is 1.39. The van der Waals surface area contributed by atoms with Crippen molar-refractivity contribution >= 4 is 39.7 Å². The number of Topliss-reactive ketones (excluding diaryl/α,β-unsaturated/α-hetero) is 1. The Hall–Kier alpha value is -4.24.